The molecule has 0 bridgehead atoms. The second-order valence-electron chi connectivity index (χ2n) is 8.43. The Balaban J connectivity index is 1.92. The Bertz CT molecular complexity index is 1220. The molecule has 1 aromatic heterocycles. The van der Waals surface area contributed by atoms with Crippen LogP contribution >= 0.6 is 11.3 Å². The standard InChI is InChI=1S/C22H29F3N6O4S2/c1-3-5-7-10-31-11-8-9-15-13-16(17(14-18(15)31)30-37(33,34)22(23,24)25)26-28-21-29-27-19(36-21)20(32)35-12-6-4-2/h13-14,30H,3-12H2,1-2H3. The van der Waals surface area contributed by atoms with Crippen LogP contribution in [0.1, 0.15) is 67.7 Å². The van der Waals surface area contributed by atoms with Crippen LogP contribution in [0.3, 0.4) is 0 Å². The van der Waals surface area contributed by atoms with Gasteiger partial charge in [-0.05, 0) is 43.4 Å². The number of benzene rings is 1. The third kappa shape index (κ3) is 7.60. The van der Waals surface area contributed by atoms with Crippen LogP contribution < -0.4 is 9.62 Å². The number of hydrogen-bond donors (Lipinski definition) is 1. The maximum atomic E-state index is 13.1. The maximum Gasteiger partial charge on any atom is 0.516 e. The number of carbonyl (C=O) groups excluding carboxylic acids is 1. The maximum absolute atomic E-state index is 13.1. The Kier molecular flexibility index (Phi) is 9.81. The number of aromatic nitrogens is 2. The van der Waals surface area contributed by atoms with E-state index in [0.29, 0.717) is 31.6 Å². The fourth-order valence-corrected chi connectivity index (χ4v) is 4.78. The average molecular weight is 563 g/mol. The number of unbranched alkanes of at least 4 members (excludes halogenated alkanes) is 3. The van der Waals surface area contributed by atoms with Crippen molar-refractivity contribution in [1.29, 1.82) is 0 Å². The van der Waals surface area contributed by atoms with E-state index in [4.69, 9.17) is 4.74 Å². The van der Waals surface area contributed by atoms with E-state index in [2.05, 4.69) is 27.3 Å². The highest BCUT2D eigenvalue weighted by molar-refractivity contribution is 7.93. The molecule has 37 heavy (non-hydrogen) atoms. The van der Waals surface area contributed by atoms with E-state index < -0.39 is 21.5 Å². The molecule has 0 fully saturated rings. The van der Waals surface area contributed by atoms with E-state index in [-0.39, 0.29) is 28.1 Å². The van der Waals surface area contributed by atoms with Crippen molar-refractivity contribution in [2.24, 2.45) is 10.2 Å². The number of azo groups is 1. The summed E-state index contributed by atoms with van der Waals surface area (Å²) in [7, 11) is -5.70. The van der Waals surface area contributed by atoms with Crippen LogP contribution in [0.2, 0.25) is 0 Å². The van der Waals surface area contributed by atoms with Gasteiger partial charge in [0.05, 0.1) is 12.3 Å². The van der Waals surface area contributed by atoms with E-state index in [1.165, 1.54) is 12.1 Å². The summed E-state index contributed by atoms with van der Waals surface area (Å²) in [5.41, 5.74) is -4.49. The minimum Gasteiger partial charge on any atom is -0.460 e. The molecule has 0 amide bonds. The molecular formula is C22H29F3N6O4S2. The van der Waals surface area contributed by atoms with Crippen molar-refractivity contribution in [3.05, 3.63) is 22.7 Å². The molecule has 2 aromatic rings. The third-order valence-corrected chi connectivity index (χ3v) is 7.44. The Morgan fingerprint density at radius 2 is 1.92 bits per heavy atom. The van der Waals surface area contributed by atoms with Gasteiger partial charge < -0.3 is 9.64 Å². The van der Waals surface area contributed by atoms with E-state index >= 15 is 0 Å². The van der Waals surface area contributed by atoms with E-state index in [1.54, 1.807) is 4.72 Å². The number of fused-ring (bicyclic) bond motifs is 1. The van der Waals surface area contributed by atoms with Gasteiger partial charge in [-0.3, -0.25) is 4.72 Å². The number of nitrogens with one attached hydrogen (secondary N) is 1. The zero-order chi connectivity index (χ0) is 27.1. The monoisotopic (exact) mass is 562 g/mol. The summed E-state index contributed by atoms with van der Waals surface area (Å²) in [5.74, 6) is -0.664. The summed E-state index contributed by atoms with van der Waals surface area (Å²) < 4.78 is 69.9. The van der Waals surface area contributed by atoms with Crippen molar-refractivity contribution >= 4 is 49.5 Å². The lowest BCUT2D eigenvalue weighted by atomic mass is 9.99. The number of aryl methyl sites for hydroxylation is 1. The first-order chi connectivity index (χ1) is 17.6. The fraction of sp³-hybridized carbons (Fsp3) is 0.591. The number of sulfonamides is 1. The molecule has 10 nitrogen and oxygen atoms in total. The number of esters is 1. The van der Waals surface area contributed by atoms with Crippen LogP contribution in [-0.4, -0.2) is 49.8 Å². The molecule has 0 spiro atoms. The van der Waals surface area contributed by atoms with Crippen molar-refractivity contribution in [3.8, 4) is 0 Å². The van der Waals surface area contributed by atoms with Crippen LogP contribution in [0.5, 0.6) is 0 Å². The van der Waals surface area contributed by atoms with Gasteiger partial charge in [0, 0.05) is 18.8 Å². The zero-order valence-corrected chi connectivity index (χ0v) is 22.2. The van der Waals surface area contributed by atoms with Crippen molar-refractivity contribution in [2.45, 2.75) is 64.3 Å². The van der Waals surface area contributed by atoms with Gasteiger partial charge in [0.15, 0.2) is 0 Å². The second kappa shape index (κ2) is 12.6. The minimum atomic E-state index is -5.70. The highest BCUT2D eigenvalue weighted by Crippen LogP contribution is 2.39. The number of ether oxygens (including phenoxy) is 1. The number of halogens is 3. The Labute approximate surface area is 217 Å². The molecule has 0 unspecified atom stereocenters. The number of carbonyl (C=O) groups is 1. The second-order valence-corrected chi connectivity index (χ2v) is 11.1. The first-order valence-electron chi connectivity index (χ1n) is 12.0. The molecule has 0 aliphatic carbocycles. The highest BCUT2D eigenvalue weighted by atomic mass is 32.2. The first kappa shape index (κ1) is 28.8. The normalized spacial score (nSPS) is 14.1. The van der Waals surface area contributed by atoms with Gasteiger partial charge in [0.25, 0.3) is 5.13 Å². The molecule has 1 N–H and O–H groups in total. The summed E-state index contributed by atoms with van der Waals surface area (Å²) in [5, 5.41) is 15.2. The van der Waals surface area contributed by atoms with Gasteiger partial charge in [-0.15, -0.1) is 20.4 Å². The van der Waals surface area contributed by atoms with Gasteiger partial charge in [-0.25, -0.2) is 4.79 Å². The van der Waals surface area contributed by atoms with Gasteiger partial charge >= 0.3 is 21.5 Å². The van der Waals surface area contributed by atoms with Crippen LogP contribution in [0.25, 0.3) is 0 Å². The van der Waals surface area contributed by atoms with Gasteiger partial charge in [0.2, 0.25) is 5.01 Å². The predicted molar refractivity (Wildman–Crippen MR) is 134 cm³/mol. The highest BCUT2D eigenvalue weighted by Gasteiger charge is 2.46. The molecule has 1 aliphatic rings. The first-order valence-corrected chi connectivity index (χ1v) is 14.3. The SMILES string of the molecule is CCCCCN1CCCc2cc(N=Nc3nnc(C(=O)OCCCC)s3)c(NS(=O)(=O)C(F)(F)F)cc21. The number of nitrogens with zero attached hydrogens (tertiary/aromatic N) is 5. The lowest BCUT2D eigenvalue weighted by molar-refractivity contribution is -0.0429. The summed E-state index contributed by atoms with van der Waals surface area (Å²) in [6.07, 6.45) is 5.95. The molecule has 0 radical (unpaired) electrons. The van der Waals surface area contributed by atoms with Gasteiger partial charge in [0.1, 0.15) is 5.69 Å². The topological polar surface area (TPSA) is 126 Å². The smallest absolute Gasteiger partial charge is 0.460 e. The predicted octanol–water partition coefficient (Wildman–Crippen LogP) is 6.11. The van der Waals surface area contributed by atoms with Gasteiger partial charge in [-0.2, -0.15) is 21.6 Å². The average Bonchev–Trinajstić information content (AvgIpc) is 3.31. The molecule has 1 aromatic carbocycles. The molecule has 3 rings (SSSR count). The molecule has 2 heterocycles. The fourth-order valence-electron chi connectivity index (χ4n) is 3.65. The molecule has 0 saturated carbocycles. The Morgan fingerprint density at radius 1 is 1.16 bits per heavy atom. The zero-order valence-electron chi connectivity index (χ0n) is 20.5. The minimum absolute atomic E-state index is 0.0361. The molecule has 1 aliphatic heterocycles. The molecule has 0 saturated heterocycles. The van der Waals surface area contributed by atoms with Crippen molar-refractivity contribution in [1.82, 2.24) is 10.2 Å². The number of rotatable bonds is 12. The van der Waals surface area contributed by atoms with Crippen molar-refractivity contribution in [3.63, 3.8) is 0 Å². The van der Waals surface area contributed by atoms with Crippen LogP contribution in [0.4, 0.5) is 35.4 Å². The van der Waals surface area contributed by atoms with Crippen LogP contribution in [0, 0.1) is 0 Å². The molecule has 15 heteroatoms. The summed E-state index contributed by atoms with van der Waals surface area (Å²) >= 11 is 0.798. The lowest BCUT2D eigenvalue weighted by Gasteiger charge is -2.32. The van der Waals surface area contributed by atoms with Crippen LogP contribution in [0.15, 0.2) is 22.4 Å². The number of anilines is 2. The lowest BCUT2D eigenvalue weighted by Crippen LogP contribution is -2.32. The number of alkyl halides is 3. The Hall–Kier alpha value is -2.81. The van der Waals surface area contributed by atoms with E-state index in [1.807, 2.05) is 11.8 Å². The van der Waals surface area contributed by atoms with Crippen molar-refractivity contribution < 1.29 is 31.1 Å². The third-order valence-electron chi connectivity index (χ3n) is 5.56. The van der Waals surface area contributed by atoms with Gasteiger partial charge in [-0.1, -0.05) is 44.4 Å². The molecular weight excluding hydrogens is 533 g/mol. The van der Waals surface area contributed by atoms with Crippen molar-refractivity contribution in [2.75, 3.05) is 29.3 Å². The Morgan fingerprint density at radius 3 is 2.62 bits per heavy atom. The summed E-state index contributed by atoms with van der Waals surface area (Å²) in [6.45, 7) is 5.67. The van der Waals surface area contributed by atoms with Crippen LogP contribution in [-0.2, 0) is 21.2 Å². The van der Waals surface area contributed by atoms with E-state index in [0.717, 1.165) is 49.0 Å². The molecule has 204 valence electrons. The molecule has 0 atom stereocenters. The number of hydrogen-bond acceptors (Lipinski definition) is 10. The quantitative estimate of drug-likeness (QED) is 0.188. The summed E-state index contributed by atoms with van der Waals surface area (Å²) in [4.78, 5) is 14.1. The summed E-state index contributed by atoms with van der Waals surface area (Å²) in [6, 6.07) is 2.90. The largest absolute Gasteiger partial charge is 0.516 e. The van der Waals surface area contributed by atoms with E-state index in [9.17, 15) is 26.4 Å².